The van der Waals surface area contributed by atoms with Gasteiger partial charge in [-0.05, 0) is 19.8 Å². The van der Waals surface area contributed by atoms with Crippen LogP contribution in [0, 0.1) is 6.92 Å². The molecule has 0 saturated heterocycles. The summed E-state index contributed by atoms with van der Waals surface area (Å²) in [5, 5.41) is 9.17. The van der Waals surface area contributed by atoms with Crippen LogP contribution in [0.4, 0.5) is 0 Å². The summed E-state index contributed by atoms with van der Waals surface area (Å²) >= 11 is 0. The van der Waals surface area contributed by atoms with Gasteiger partial charge in [0, 0.05) is 17.0 Å². The molecule has 1 N–H and O–H groups in total. The molecular formula is C20H22N2O3. The van der Waals surface area contributed by atoms with Gasteiger partial charge in [-0.2, -0.15) is 0 Å². The molecule has 3 aromatic rings. The van der Waals surface area contributed by atoms with Crippen molar-refractivity contribution in [2.45, 2.75) is 46.0 Å². The normalized spacial score (nSPS) is 14.7. The quantitative estimate of drug-likeness (QED) is 0.729. The molecule has 0 bridgehead atoms. The molecule has 0 amide bonds. The van der Waals surface area contributed by atoms with Crippen LogP contribution in [0.3, 0.4) is 0 Å². The first-order chi connectivity index (χ1) is 12.0. The van der Waals surface area contributed by atoms with Gasteiger partial charge in [0.25, 0.3) is 0 Å². The van der Waals surface area contributed by atoms with Crippen molar-refractivity contribution in [2.75, 3.05) is 0 Å². The lowest BCUT2D eigenvalue weighted by molar-refractivity contribution is 0.0665. The Morgan fingerprint density at radius 3 is 2.36 bits per heavy atom. The highest BCUT2D eigenvalue weighted by molar-refractivity contribution is 5.91. The van der Waals surface area contributed by atoms with Gasteiger partial charge in [-0.1, -0.05) is 50.6 Å². The molecule has 5 heteroatoms. The first-order valence-corrected chi connectivity index (χ1v) is 8.59. The Kier molecular flexibility index (Phi) is 4.33. The van der Waals surface area contributed by atoms with Crippen molar-refractivity contribution >= 4 is 17.1 Å². The average molecular weight is 338 g/mol. The molecular weight excluding hydrogens is 316 g/mol. The maximum absolute atomic E-state index is 11.2. The maximum atomic E-state index is 11.2. The molecule has 0 atom stereocenters. The standard InChI is InChI=1S/C18H16N2O3.C2H6/c1-10-3-5-11(6-4-10)16-19-12-9-13(17(21)22)23-14(12)15(20-16)18(2)7-8-18;1-2/h3-6,9H,7-8H2,1-2H3,(H,21,22);1-2H3. The summed E-state index contributed by atoms with van der Waals surface area (Å²) in [4.78, 5) is 20.4. The molecule has 1 aromatic carbocycles. The summed E-state index contributed by atoms with van der Waals surface area (Å²) in [5.41, 5.74) is 3.90. The first-order valence-electron chi connectivity index (χ1n) is 8.59. The SMILES string of the molecule is CC.Cc1ccc(-c2nc(C3(C)CC3)c3oc(C(=O)O)cc3n2)cc1. The van der Waals surface area contributed by atoms with Crippen LogP contribution < -0.4 is 0 Å². The Morgan fingerprint density at radius 2 is 1.80 bits per heavy atom. The highest BCUT2D eigenvalue weighted by Crippen LogP contribution is 2.49. The van der Waals surface area contributed by atoms with E-state index in [1.807, 2.05) is 45.0 Å². The Hall–Kier alpha value is -2.69. The number of benzene rings is 1. The lowest BCUT2D eigenvalue weighted by Gasteiger charge is -2.10. The second kappa shape index (κ2) is 6.31. The summed E-state index contributed by atoms with van der Waals surface area (Å²) in [6.45, 7) is 8.15. The van der Waals surface area contributed by atoms with Crippen LogP contribution in [-0.4, -0.2) is 21.0 Å². The minimum absolute atomic E-state index is 0.0474. The Balaban J connectivity index is 0.000000880. The summed E-state index contributed by atoms with van der Waals surface area (Å²) in [6, 6.07) is 9.46. The minimum Gasteiger partial charge on any atom is -0.475 e. The van der Waals surface area contributed by atoms with Gasteiger partial charge >= 0.3 is 5.97 Å². The van der Waals surface area contributed by atoms with E-state index in [1.165, 1.54) is 11.6 Å². The van der Waals surface area contributed by atoms with Crippen molar-refractivity contribution in [1.29, 1.82) is 0 Å². The molecule has 2 heterocycles. The van der Waals surface area contributed by atoms with Crippen LogP contribution in [0.15, 0.2) is 34.7 Å². The molecule has 4 rings (SSSR count). The number of fused-ring (bicyclic) bond motifs is 1. The highest BCUT2D eigenvalue weighted by atomic mass is 16.4. The van der Waals surface area contributed by atoms with Crippen LogP contribution in [0.1, 0.15) is 55.4 Å². The summed E-state index contributed by atoms with van der Waals surface area (Å²) < 4.78 is 5.51. The second-order valence-corrected chi connectivity index (χ2v) is 6.45. The largest absolute Gasteiger partial charge is 0.475 e. The minimum atomic E-state index is -1.09. The summed E-state index contributed by atoms with van der Waals surface area (Å²) in [5.74, 6) is -0.578. The third-order valence-corrected chi connectivity index (χ3v) is 4.46. The van der Waals surface area contributed by atoms with Crippen molar-refractivity contribution in [1.82, 2.24) is 9.97 Å². The number of carboxylic acids is 1. The van der Waals surface area contributed by atoms with Crippen molar-refractivity contribution < 1.29 is 14.3 Å². The Morgan fingerprint density at radius 1 is 1.16 bits per heavy atom. The van der Waals surface area contributed by atoms with E-state index in [0.717, 1.165) is 24.1 Å². The van der Waals surface area contributed by atoms with Crippen molar-refractivity contribution in [3.8, 4) is 11.4 Å². The summed E-state index contributed by atoms with van der Waals surface area (Å²) in [6.07, 6.45) is 2.05. The van der Waals surface area contributed by atoms with Gasteiger partial charge in [0.15, 0.2) is 11.4 Å². The predicted octanol–water partition coefficient (Wildman–Crippen LogP) is 4.97. The van der Waals surface area contributed by atoms with E-state index in [9.17, 15) is 9.90 Å². The molecule has 1 saturated carbocycles. The predicted molar refractivity (Wildman–Crippen MR) is 96.9 cm³/mol. The number of furan rings is 1. The van der Waals surface area contributed by atoms with Crippen LogP contribution in [0.25, 0.3) is 22.5 Å². The van der Waals surface area contributed by atoms with E-state index in [4.69, 9.17) is 9.40 Å². The number of carboxylic acid groups (broad SMARTS) is 1. The molecule has 1 aliphatic carbocycles. The molecule has 0 spiro atoms. The van der Waals surface area contributed by atoms with Crippen molar-refractivity contribution in [3.63, 3.8) is 0 Å². The number of aryl methyl sites for hydroxylation is 1. The average Bonchev–Trinajstić information content (AvgIpc) is 3.21. The zero-order valence-corrected chi connectivity index (χ0v) is 15.0. The first kappa shape index (κ1) is 17.1. The lowest BCUT2D eigenvalue weighted by atomic mass is 10.0. The summed E-state index contributed by atoms with van der Waals surface area (Å²) in [7, 11) is 0. The van der Waals surface area contributed by atoms with Crippen molar-refractivity contribution in [2.24, 2.45) is 0 Å². The number of aromatic carboxylic acids is 1. The van der Waals surface area contributed by atoms with Gasteiger partial charge in [-0.15, -0.1) is 0 Å². The lowest BCUT2D eigenvalue weighted by Crippen LogP contribution is -2.06. The number of carbonyl (C=O) groups is 1. The third kappa shape index (κ3) is 3.14. The van der Waals surface area contributed by atoms with Crippen LogP contribution in [0.2, 0.25) is 0 Å². The van der Waals surface area contributed by atoms with Gasteiger partial charge in [0.05, 0.1) is 5.69 Å². The van der Waals surface area contributed by atoms with E-state index in [0.29, 0.717) is 16.9 Å². The Bertz CT molecular complexity index is 922. The van der Waals surface area contributed by atoms with Crippen molar-refractivity contribution in [3.05, 3.63) is 47.3 Å². The zero-order valence-electron chi connectivity index (χ0n) is 15.0. The fraction of sp³-hybridized carbons (Fsp3) is 0.350. The van der Waals surface area contributed by atoms with E-state index in [-0.39, 0.29) is 11.2 Å². The fourth-order valence-electron chi connectivity index (χ4n) is 2.70. The monoisotopic (exact) mass is 338 g/mol. The molecule has 25 heavy (non-hydrogen) atoms. The molecule has 0 unspecified atom stereocenters. The van der Waals surface area contributed by atoms with Gasteiger partial charge < -0.3 is 9.52 Å². The third-order valence-electron chi connectivity index (χ3n) is 4.46. The highest BCUT2D eigenvalue weighted by Gasteiger charge is 2.43. The second-order valence-electron chi connectivity index (χ2n) is 6.45. The molecule has 1 fully saturated rings. The Labute approximate surface area is 146 Å². The fourth-order valence-corrected chi connectivity index (χ4v) is 2.70. The number of aromatic nitrogens is 2. The van der Waals surface area contributed by atoms with Gasteiger partial charge in [0.1, 0.15) is 5.52 Å². The molecule has 1 aliphatic rings. The maximum Gasteiger partial charge on any atom is 0.371 e. The van der Waals surface area contributed by atoms with Gasteiger partial charge in [-0.25, -0.2) is 14.8 Å². The number of hydrogen-bond acceptors (Lipinski definition) is 4. The van der Waals surface area contributed by atoms with E-state index in [2.05, 4.69) is 11.9 Å². The van der Waals surface area contributed by atoms with Crippen LogP contribution in [0.5, 0.6) is 0 Å². The molecule has 2 aromatic heterocycles. The molecule has 5 nitrogen and oxygen atoms in total. The number of rotatable bonds is 3. The number of hydrogen-bond donors (Lipinski definition) is 1. The van der Waals surface area contributed by atoms with E-state index < -0.39 is 5.97 Å². The van der Waals surface area contributed by atoms with Gasteiger partial charge in [-0.3, -0.25) is 0 Å². The number of nitrogens with zero attached hydrogens (tertiary/aromatic N) is 2. The van der Waals surface area contributed by atoms with Crippen LogP contribution in [-0.2, 0) is 5.41 Å². The van der Waals surface area contributed by atoms with E-state index >= 15 is 0 Å². The van der Waals surface area contributed by atoms with Gasteiger partial charge in [0.2, 0.25) is 5.76 Å². The molecule has 0 aliphatic heterocycles. The van der Waals surface area contributed by atoms with E-state index in [1.54, 1.807) is 0 Å². The topological polar surface area (TPSA) is 76.2 Å². The smallest absolute Gasteiger partial charge is 0.371 e. The van der Waals surface area contributed by atoms with Crippen LogP contribution >= 0.6 is 0 Å². The molecule has 0 radical (unpaired) electrons. The molecule has 130 valence electrons. The zero-order chi connectivity index (χ0) is 18.2.